The molecule has 0 saturated carbocycles. The van der Waals surface area contributed by atoms with Crippen molar-refractivity contribution in [1.29, 1.82) is 0 Å². The van der Waals surface area contributed by atoms with E-state index in [0.29, 0.717) is 6.04 Å². The second kappa shape index (κ2) is 5.83. The number of piperazine rings is 1. The molecule has 2 saturated heterocycles. The first-order valence-corrected chi connectivity index (χ1v) is 6.53. The van der Waals surface area contributed by atoms with Crippen LogP contribution in [0.1, 0.15) is 26.2 Å². The van der Waals surface area contributed by atoms with Crippen LogP contribution in [0.25, 0.3) is 0 Å². The van der Waals surface area contributed by atoms with Gasteiger partial charge in [0.15, 0.2) is 0 Å². The molecular formula is C12H25N3. The monoisotopic (exact) mass is 211 g/mol. The fourth-order valence-electron chi connectivity index (χ4n) is 2.74. The van der Waals surface area contributed by atoms with Crippen LogP contribution in [0.3, 0.4) is 0 Å². The van der Waals surface area contributed by atoms with E-state index in [2.05, 4.69) is 22.0 Å². The molecule has 2 fully saturated rings. The Morgan fingerprint density at radius 1 is 1.07 bits per heavy atom. The van der Waals surface area contributed by atoms with Gasteiger partial charge in [0.25, 0.3) is 0 Å². The minimum Gasteiger partial charge on any atom is -0.312 e. The number of likely N-dealkylation sites (tertiary alicyclic amines) is 1. The molecule has 2 aliphatic rings. The number of nitrogens with one attached hydrogen (secondary N) is 1. The summed E-state index contributed by atoms with van der Waals surface area (Å²) >= 11 is 0. The Hall–Kier alpha value is -0.120. The molecule has 1 unspecified atom stereocenters. The molecule has 0 aromatic rings. The minimum atomic E-state index is 0.686. The Balaban J connectivity index is 1.56. The van der Waals surface area contributed by atoms with Crippen LogP contribution in [-0.2, 0) is 0 Å². The van der Waals surface area contributed by atoms with Crippen LogP contribution >= 0.6 is 0 Å². The average Bonchev–Trinajstić information content (AvgIpc) is 2.71. The lowest BCUT2D eigenvalue weighted by Crippen LogP contribution is -2.49. The van der Waals surface area contributed by atoms with Crippen molar-refractivity contribution >= 4 is 0 Å². The second-order valence-electron chi connectivity index (χ2n) is 5.06. The third-order valence-corrected chi connectivity index (χ3v) is 3.60. The summed E-state index contributed by atoms with van der Waals surface area (Å²) in [5.41, 5.74) is 0. The molecule has 0 aromatic heterocycles. The first kappa shape index (κ1) is 11.4. The molecule has 88 valence electrons. The molecule has 2 heterocycles. The molecule has 2 rings (SSSR count). The van der Waals surface area contributed by atoms with Crippen LogP contribution in [0, 0.1) is 0 Å². The largest absolute Gasteiger partial charge is 0.312 e. The molecule has 0 aliphatic carbocycles. The molecule has 0 aromatic carbocycles. The maximum Gasteiger partial charge on any atom is 0.0167 e. The van der Waals surface area contributed by atoms with Crippen LogP contribution < -0.4 is 5.32 Å². The van der Waals surface area contributed by atoms with Crippen molar-refractivity contribution in [3.63, 3.8) is 0 Å². The highest BCUT2D eigenvalue weighted by Gasteiger charge is 2.16. The molecule has 1 N–H and O–H groups in total. The number of hydrogen-bond donors (Lipinski definition) is 1. The molecule has 2 aliphatic heterocycles. The van der Waals surface area contributed by atoms with Crippen LogP contribution in [0.2, 0.25) is 0 Å². The summed E-state index contributed by atoms with van der Waals surface area (Å²) in [7, 11) is 0. The molecule has 1 atom stereocenters. The number of nitrogens with zero attached hydrogens (tertiary/aromatic N) is 2. The van der Waals surface area contributed by atoms with Crippen molar-refractivity contribution < 1.29 is 0 Å². The van der Waals surface area contributed by atoms with Crippen molar-refractivity contribution in [2.45, 2.75) is 32.2 Å². The zero-order chi connectivity index (χ0) is 10.5. The fourth-order valence-corrected chi connectivity index (χ4v) is 2.74. The smallest absolute Gasteiger partial charge is 0.0167 e. The number of rotatable bonds is 4. The van der Waals surface area contributed by atoms with Gasteiger partial charge in [-0.15, -0.1) is 0 Å². The van der Waals surface area contributed by atoms with Crippen LogP contribution in [0.5, 0.6) is 0 Å². The minimum absolute atomic E-state index is 0.686. The maximum atomic E-state index is 3.49. The molecule has 15 heavy (non-hydrogen) atoms. The van der Waals surface area contributed by atoms with Crippen LogP contribution in [0.15, 0.2) is 0 Å². The van der Waals surface area contributed by atoms with Gasteiger partial charge in [-0.1, -0.05) is 0 Å². The summed E-state index contributed by atoms with van der Waals surface area (Å²) in [5.74, 6) is 0. The molecule has 0 spiro atoms. The summed E-state index contributed by atoms with van der Waals surface area (Å²) in [6.45, 7) is 11.2. The third kappa shape index (κ3) is 3.74. The van der Waals surface area contributed by atoms with Crippen LogP contribution in [0.4, 0.5) is 0 Å². The molecule has 3 nitrogen and oxygen atoms in total. The summed E-state index contributed by atoms with van der Waals surface area (Å²) < 4.78 is 0. The molecule has 0 amide bonds. The SMILES string of the molecule is CC1CN(CCCN2CCCC2)CCN1. The van der Waals surface area contributed by atoms with E-state index in [1.807, 2.05) is 0 Å². The lowest BCUT2D eigenvalue weighted by atomic mass is 10.2. The Kier molecular flexibility index (Phi) is 4.42. The van der Waals surface area contributed by atoms with E-state index >= 15 is 0 Å². The van der Waals surface area contributed by atoms with E-state index in [4.69, 9.17) is 0 Å². The van der Waals surface area contributed by atoms with Crippen molar-refractivity contribution in [3.8, 4) is 0 Å². The van der Waals surface area contributed by atoms with Gasteiger partial charge < -0.3 is 15.1 Å². The zero-order valence-corrected chi connectivity index (χ0v) is 10.0. The molecule has 3 heteroatoms. The van der Waals surface area contributed by atoms with Gasteiger partial charge in [0, 0.05) is 25.7 Å². The Morgan fingerprint density at radius 3 is 2.53 bits per heavy atom. The topological polar surface area (TPSA) is 18.5 Å². The summed E-state index contributed by atoms with van der Waals surface area (Å²) in [4.78, 5) is 5.23. The van der Waals surface area contributed by atoms with Gasteiger partial charge in [0.1, 0.15) is 0 Å². The van der Waals surface area contributed by atoms with Gasteiger partial charge in [0.2, 0.25) is 0 Å². The molecular weight excluding hydrogens is 186 g/mol. The van der Waals surface area contributed by atoms with Crippen molar-refractivity contribution in [3.05, 3.63) is 0 Å². The van der Waals surface area contributed by atoms with E-state index in [0.717, 1.165) is 0 Å². The zero-order valence-electron chi connectivity index (χ0n) is 10.0. The van der Waals surface area contributed by atoms with Crippen molar-refractivity contribution in [2.24, 2.45) is 0 Å². The maximum absolute atomic E-state index is 3.49. The normalized spacial score (nSPS) is 29.8. The lowest BCUT2D eigenvalue weighted by molar-refractivity contribution is 0.194. The summed E-state index contributed by atoms with van der Waals surface area (Å²) in [6.07, 6.45) is 4.20. The first-order valence-electron chi connectivity index (χ1n) is 6.53. The Morgan fingerprint density at radius 2 is 1.80 bits per heavy atom. The van der Waals surface area contributed by atoms with Gasteiger partial charge in [-0.3, -0.25) is 0 Å². The number of hydrogen-bond acceptors (Lipinski definition) is 3. The first-order chi connectivity index (χ1) is 7.34. The van der Waals surface area contributed by atoms with Crippen molar-refractivity contribution in [1.82, 2.24) is 15.1 Å². The van der Waals surface area contributed by atoms with Gasteiger partial charge in [-0.25, -0.2) is 0 Å². The summed E-state index contributed by atoms with van der Waals surface area (Å²) in [5, 5.41) is 3.49. The highest BCUT2D eigenvalue weighted by atomic mass is 15.2. The molecule has 0 radical (unpaired) electrons. The highest BCUT2D eigenvalue weighted by Crippen LogP contribution is 2.08. The highest BCUT2D eigenvalue weighted by molar-refractivity contribution is 4.75. The fraction of sp³-hybridized carbons (Fsp3) is 1.00. The standard InChI is InChI=1S/C12H25N3/c1-12-11-15(10-5-13-12)9-4-8-14-6-2-3-7-14/h12-13H,2-11H2,1H3. The van der Waals surface area contributed by atoms with Crippen molar-refractivity contribution in [2.75, 3.05) is 45.8 Å². The van der Waals surface area contributed by atoms with Gasteiger partial charge in [0.05, 0.1) is 0 Å². The van der Waals surface area contributed by atoms with Gasteiger partial charge in [-0.2, -0.15) is 0 Å². The van der Waals surface area contributed by atoms with Gasteiger partial charge >= 0.3 is 0 Å². The van der Waals surface area contributed by atoms with Crippen LogP contribution in [-0.4, -0.2) is 61.7 Å². The predicted molar refractivity (Wildman–Crippen MR) is 64.2 cm³/mol. The quantitative estimate of drug-likeness (QED) is 0.741. The molecule has 0 bridgehead atoms. The average molecular weight is 211 g/mol. The van der Waals surface area contributed by atoms with Gasteiger partial charge in [-0.05, 0) is 52.4 Å². The summed E-state index contributed by atoms with van der Waals surface area (Å²) in [6, 6.07) is 0.686. The Bertz CT molecular complexity index is 178. The van der Waals surface area contributed by atoms with E-state index in [1.165, 1.54) is 65.1 Å². The van der Waals surface area contributed by atoms with E-state index < -0.39 is 0 Å². The third-order valence-electron chi connectivity index (χ3n) is 3.60. The van der Waals surface area contributed by atoms with E-state index in [-0.39, 0.29) is 0 Å². The Labute approximate surface area is 93.8 Å². The van der Waals surface area contributed by atoms with E-state index in [1.54, 1.807) is 0 Å². The second-order valence-corrected chi connectivity index (χ2v) is 5.06. The lowest BCUT2D eigenvalue weighted by Gasteiger charge is -2.32. The predicted octanol–water partition coefficient (Wildman–Crippen LogP) is 0.766. The van der Waals surface area contributed by atoms with E-state index in [9.17, 15) is 0 Å².